The summed E-state index contributed by atoms with van der Waals surface area (Å²) in [4.78, 5) is 20.9. The lowest BCUT2D eigenvalue weighted by atomic mass is 10.1. The second-order valence-electron chi connectivity index (χ2n) is 5.91. The van der Waals surface area contributed by atoms with Crippen LogP contribution in [-0.4, -0.2) is 55.7 Å². The average molecular weight is 359 g/mol. The van der Waals surface area contributed by atoms with Crippen molar-refractivity contribution in [1.82, 2.24) is 9.88 Å². The van der Waals surface area contributed by atoms with Crippen molar-refractivity contribution in [2.24, 2.45) is 0 Å². The molecule has 3 rings (SSSR count). The van der Waals surface area contributed by atoms with Crippen LogP contribution in [0.15, 0.2) is 36.7 Å². The number of ether oxygens (including phenoxy) is 2. The molecule has 2 aromatic rings. The third-order valence-corrected chi connectivity index (χ3v) is 4.35. The number of methoxy groups -OCH3 is 1. The Morgan fingerprint density at radius 3 is 2.69 bits per heavy atom. The fraction of sp³-hybridized carbons (Fsp3) is 0.368. The molecule has 1 amide bonds. The number of carbonyl (C=O) groups is 1. The first kappa shape index (κ1) is 18.0. The van der Waals surface area contributed by atoms with E-state index in [4.69, 9.17) is 9.47 Å². The summed E-state index contributed by atoms with van der Waals surface area (Å²) in [6.07, 6.45) is 3.43. The molecule has 1 saturated heterocycles. The molecule has 0 radical (unpaired) electrons. The van der Waals surface area contributed by atoms with Crippen LogP contribution in [0.25, 0.3) is 0 Å². The van der Waals surface area contributed by atoms with Gasteiger partial charge in [0, 0.05) is 32.2 Å². The molecular weight excluding hydrogens is 337 g/mol. The van der Waals surface area contributed by atoms with Gasteiger partial charge in [0.15, 0.2) is 11.6 Å². The van der Waals surface area contributed by atoms with Gasteiger partial charge < -0.3 is 19.3 Å². The van der Waals surface area contributed by atoms with E-state index in [1.165, 1.54) is 12.1 Å². The first-order valence-electron chi connectivity index (χ1n) is 8.58. The Bertz CT molecular complexity index is 776. The number of nitrogens with zero attached hydrogens (tertiary/aromatic N) is 3. The molecule has 7 heteroatoms. The van der Waals surface area contributed by atoms with Crippen molar-refractivity contribution in [3.8, 4) is 11.5 Å². The highest BCUT2D eigenvalue weighted by atomic mass is 19.1. The van der Waals surface area contributed by atoms with E-state index in [1.807, 2.05) is 6.07 Å². The Labute approximate surface area is 152 Å². The van der Waals surface area contributed by atoms with Crippen LogP contribution in [0.4, 0.5) is 10.1 Å². The molecule has 0 spiro atoms. The quantitative estimate of drug-likeness (QED) is 0.821. The molecule has 0 atom stereocenters. The molecule has 0 saturated carbocycles. The summed E-state index contributed by atoms with van der Waals surface area (Å²) >= 11 is 0. The Kier molecular flexibility index (Phi) is 5.55. The third kappa shape index (κ3) is 3.71. The molecular formula is C19H22FN3O3. The standard InChI is InChI=1S/C19H22FN3O3/c1-3-26-18-16(5-4-6-17(18)20)19(24)23-9-7-22(8-10-23)14-11-15(25-2)13-21-12-14/h4-6,11-13H,3,7-10H2,1-2H3. The summed E-state index contributed by atoms with van der Waals surface area (Å²) in [5.41, 5.74) is 1.22. The molecule has 1 fully saturated rings. The Balaban J connectivity index is 1.70. The number of hydrogen-bond donors (Lipinski definition) is 0. The second-order valence-corrected chi connectivity index (χ2v) is 5.91. The molecule has 138 valence electrons. The van der Waals surface area contributed by atoms with Crippen LogP contribution in [0.2, 0.25) is 0 Å². The number of para-hydroxylation sites is 1. The monoisotopic (exact) mass is 359 g/mol. The number of rotatable bonds is 5. The summed E-state index contributed by atoms with van der Waals surface area (Å²) in [6, 6.07) is 6.36. The normalized spacial score (nSPS) is 14.3. The van der Waals surface area contributed by atoms with Gasteiger partial charge in [-0.15, -0.1) is 0 Å². The van der Waals surface area contributed by atoms with E-state index < -0.39 is 5.82 Å². The van der Waals surface area contributed by atoms with Crippen molar-refractivity contribution in [3.63, 3.8) is 0 Å². The van der Waals surface area contributed by atoms with Crippen molar-refractivity contribution in [1.29, 1.82) is 0 Å². The van der Waals surface area contributed by atoms with Crippen molar-refractivity contribution in [2.75, 3.05) is 44.8 Å². The summed E-state index contributed by atoms with van der Waals surface area (Å²) in [6.45, 7) is 4.48. The van der Waals surface area contributed by atoms with E-state index in [1.54, 1.807) is 37.4 Å². The van der Waals surface area contributed by atoms with E-state index in [9.17, 15) is 9.18 Å². The highest BCUT2D eigenvalue weighted by Gasteiger charge is 2.26. The smallest absolute Gasteiger partial charge is 0.257 e. The van der Waals surface area contributed by atoms with Gasteiger partial charge in [0.2, 0.25) is 0 Å². The predicted octanol–water partition coefficient (Wildman–Crippen LogP) is 2.59. The minimum Gasteiger partial charge on any atom is -0.495 e. The highest BCUT2D eigenvalue weighted by Crippen LogP contribution is 2.26. The van der Waals surface area contributed by atoms with Crippen molar-refractivity contribution < 1.29 is 18.7 Å². The van der Waals surface area contributed by atoms with Gasteiger partial charge >= 0.3 is 0 Å². The largest absolute Gasteiger partial charge is 0.495 e. The molecule has 2 heterocycles. The lowest BCUT2D eigenvalue weighted by Gasteiger charge is -2.36. The minimum atomic E-state index is -0.515. The van der Waals surface area contributed by atoms with E-state index in [0.717, 1.165) is 5.69 Å². The molecule has 1 aromatic carbocycles. The van der Waals surface area contributed by atoms with Gasteiger partial charge in [-0.1, -0.05) is 6.07 Å². The van der Waals surface area contributed by atoms with Gasteiger partial charge in [-0.25, -0.2) is 4.39 Å². The predicted molar refractivity (Wildman–Crippen MR) is 96.5 cm³/mol. The first-order valence-corrected chi connectivity index (χ1v) is 8.58. The van der Waals surface area contributed by atoms with Crippen molar-refractivity contribution >= 4 is 11.6 Å². The fourth-order valence-electron chi connectivity index (χ4n) is 3.00. The molecule has 26 heavy (non-hydrogen) atoms. The maximum atomic E-state index is 14.0. The van der Waals surface area contributed by atoms with E-state index in [2.05, 4.69) is 9.88 Å². The van der Waals surface area contributed by atoms with Gasteiger partial charge in [0.1, 0.15) is 5.75 Å². The molecule has 0 aliphatic carbocycles. The van der Waals surface area contributed by atoms with Crippen LogP contribution < -0.4 is 14.4 Å². The lowest BCUT2D eigenvalue weighted by Crippen LogP contribution is -2.48. The SMILES string of the molecule is CCOc1c(F)cccc1C(=O)N1CCN(c2cncc(OC)c2)CC1. The number of amides is 1. The number of halogens is 1. The Hall–Kier alpha value is -2.83. The van der Waals surface area contributed by atoms with Gasteiger partial charge in [-0.2, -0.15) is 0 Å². The average Bonchev–Trinajstić information content (AvgIpc) is 2.69. The number of aromatic nitrogens is 1. The van der Waals surface area contributed by atoms with Crippen LogP contribution in [-0.2, 0) is 0 Å². The van der Waals surface area contributed by atoms with Gasteiger partial charge in [-0.05, 0) is 19.1 Å². The third-order valence-electron chi connectivity index (χ3n) is 4.35. The number of carbonyl (C=O) groups excluding carboxylic acids is 1. The van der Waals surface area contributed by atoms with E-state index >= 15 is 0 Å². The molecule has 1 aliphatic heterocycles. The van der Waals surface area contributed by atoms with Gasteiger partial charge in [-0.3, -0.25) is 9.78 Å². The summed E-state index contributed by atoms with van der Waals surface area (Å²) in [5.74, 6) is -0.00305. The molecule has 1 aliphatic rings. The van der Waals surface area contributed by atoms with E-state index in [-0.39, 0.29) is 17.2 Å². The van der Waals surface area contributed by atoms with Crippen molar-refractivity contribution in [2.45, 2.75) is 6.92 Å². The second kappa shape index (κ2) is 8.03. The molecule has 0 N–H and O–H groups in total. The fourth-order valence-corrected chi connectivity index (χ4v) is 3.00. The zero-order valence-electron chi connectivity index (χ0n) is 14.9. The maximum absolute atomic E-state index is 14.0. The number of anilines is 1. The Morgan fingerprint density at radius 2 is 2.00 bits per heavy atom. The summed E-state index contributed by atoms with van der Waals surface area (Å²) in [7, 11) is 1.60. The van der Waals surface area contributed by atoms with Crippen LogP contribution >= 0.6 is 0 Å². The maximum Gasteiger partial charge on any atom is 0.257 e. The number of piperazine rings is 1. The van der Waals surface area contributed by atoms with Crippen LogP contribution in [0, 0.1) is 5.82 Å². The van der Waals surface area contributed by atoms with Gasteiger partial charge in [0.05, 0.1) is 37.4 Å². The number of benzene rings is 1. The van der Waals surface area contributed by atoms with Crippen LogP contribution in [0.1, 0.15) is 17.3 Å². The van der Waals surface area contributed by atoms with E-state index in [0.29, 0.717) is 38.5 Å². The lowest BCUT2D eigenvalue weighted by molar-refractivity contribution is 0.0741. The van der Waals surface area contributed by atoms with Gasteiger partial charge in [0.25, 0.3) is 5.91 Å². The molecule has 0 bridgehead atoms. The number of hydrogen-bond acceptors (Lipinski definition) is 5. The van der Waals surface area contributed by atoms with Crippen LogP contribution in [0.3, 0.4) is 0 Å². The summed E-state index contributed by atoms with van der Waals surface area (Å²) < 4.78 is 24.5. The first-order chi connectivity index (χ1) is 12.6. The highest BCUT2D eigenvalue weighted by molar-refractivity contribution is 5.97. The molecule has 0 unspecified atom stereocenters. The molecule has 6 nitrogen and oxygen atoms in total. The van der Waals surface area contributed by atoms with Crippen molar-refractivity contribution in [3.05, 3.63) is 48.0 Å². The van der Waals surface area contributed by atoms with Crippen LogP contribution in [0.5, 0.6) is 11.5 Å². The Morgan fingerprint density at radius 1 is 1.23 bits per heavy atom. The summed E-state index contributed by atoms with van der Waals surface area (Å²) in [5, 5.41) is 0. The molecule has 1 aromatic heterocycles. The zero-order chi connectivity index (χ0) is 18.5. The number of pyridine rings is 1. The topological polar surface area (TPSA) is 54.9 Å². The minimum absolute atomic E-state index is 0.0272. The zero-order valence-corrected chi connectivity index (χ0v) is 14.9.